The molecular formula is C25H21NO5S. The number of carbonyl (C=O) groups is 1. The van der Waals surface area contributed by atoms with E-state index in [2.05, 4.69) is 0 Å². The Kier molecular flexibility index (Phi) is 5.44. The van der Waals surface area contributed by atoms with Crippen molar-refractivity contribution < 1.29 is 17.4 Å². The molecular weight excluding hydrogens is 426 g/mol. The van der Waals surface area contributed by atoms with Gasteiger partial charge in [0, 0.05) is 18.0 Å². The van der Waals surface area contributed by atoms with E-state index in [0.717, 1.165) is 5.56 Å². The van der Waals surface area contributed by atoms with Crippen LogP contribution in [0.5, 0.6) is 5.75 Å². The van der Waals surface area contributed by atoms with Crippen molar-refractivity contribution in [3.05, 3.63) is 94.3 Å². The first-order valence-corrected chi connectivity index (χ1v) is 11.3. The third-order valence-corrected chi connectivity index (χ3v) is 6.57. The fraction of sp³-hybridized carbons (Fsp3) is 0.120. The van der Waals surface area contributed by atoms with E-state index in [9.17, 15) is 18.0 Å². The monoisotopic (exact) mass is 447 g/mol. The zero-order valence-electron chi connectivity index (χ0n) is 17.8. The van der Waals surface area contributed by atoms with Gasteiger partial charge in [-0.3, -0.25) is 9.59 Å². The second-order valence-electron chi connectivity index (χ2n) is 7.57. The summed E-state index contributed by atoms with van der Waals surface area (Å²) in [4.78, 5) is 25.0. The van der Waals surface area contributed by atoms with Crippen molar-refractivity contribution in [2.45, 2.75) is 18.7 Å². The molecule has 0 unspecified atom stereocenters. The Bertz CT molecular complexity index is 1500. The highest BCUT2D eigenvalue weighted by Crippen LogP contribution is 2.36. The topological polar surface area (TPSA) is 82.4 Å². The summed E-state index contributed by atoms with van der Waals surface area (Å²) in [5, 5.41) is 0.482. The molecule has 0 amide bonds. The minimum atomic E-state index is -4.21. The predicted octanol–water partition coefficient (Wildman–Crippen LogP) is 4.48. The molecule has 3 aromatic carbocycles. The average Bonchev–Trinajstić information content (AvgIpc) is 2.78. The van der Waals surface area contributed by atoms with Gasteiger partial charge in [0.15, 0.2) is 11.5 Å². The molecule has 0 radical (unpaired) electrons. The number of aromatic nitrogens is 1. The number of rotatable bonds is 5. The predicted molar refractivity (Wildman–Crippen MR) is 124 cm³/mol. The summed E-state index contributed by atoms with van der Waals surface area (Å²) in [7, 11) is -2.58. The van der Waals surface area contributed by atoms with Gasteiger partial charge in [0.05, 0.1) is 11.1 Å². The lowest BCUT2D eigenvalue weighted by Gasteiger charge is -2.16. The number of para-hydroxylation sites is 1. The molecule has 0 saturated heterocycles. The van der Waals surface area contributed by atoms with Crippen LogP contribution in [-0.2, 0) is 17.2 Å². The Balaban J connectivity index is 1.99. The molecule has 0 aliphatic heterocycles. The largest absolute Gasteiger partial charge is 0.377 e. The van der Waals surface area contributed by atoms with Crippen molar-refractivity contribution in [2.75, 3.05) is 0 Å². The summed E-state index contributed by atoms with van der Waals surface area (Å²) in [5.41, 5.74) is 2.09. The fourth-order valence-corrected chi connectivity index (χ4v) is 4.50. The second-order valence-corrected chi connectivity index (χ2v) is 9.12. The molecule has 0 saturated carbocycles. The molecule has 4 aromatic rings. The van der Waals surface area contributed by atoms with Crippen LogP contribution >= 0.6 is 0 Å². The van der Waals surface area contributed by atoms with E-state index in [1.54, 1.807) is 67.7 Å². The Morgan fingerprint density at radius 1 is 0.906 bits per heavy atom. The van der Waals surface area contributed by atoms with Crippen LogP contribution in [0.15, 0.2) is 82.5 Å². The fourth-order valence-electron chi connectivity index (χ4n) is 3.54. The number of pyridine rings is 1. The van der Waals surface area contributed by atoms with E-state index in [0.29, 0.717) is 22.0 Å². The van der Waals surface area contributed by atoms with E-state index < -0.39 is 15.7 Å². The minimum Gasteiger partial charge on any atom is -0.377 e. The summed E-state index contributed by atoms with van der Waals surface area (Å²) >= 11 is 0. The van der Waals surface area contributed by atoms with Crippen LogP contribution in [0.1, 0.15) is 22.8 Å². The highest BCUT2D eigenvalue weighted by molar-refractivity contribution is 7.87. The van der Waals surface area contributed by atoms with Gasteiger partial charge in [0.2, 0.25) is 0 Å². The lowest BCUT2D eigenvalue weighted by molar-refractivity contribution is 0.101. The van der Waals surface area contributed by atoms with Gasteiger partial charge >= 0.3 is 10.1 Å². The molecule has 6 nitrogen and oxygen atoms in total. The standard InChI is InChI=1S/C25H21NO5S/c1-16-8-14-20(15-9-16)32(29,30)31-24-21-6-4-5-7-22(21)26(3)25(28)23(24)19-12-10-18(11-13-19)17(2)27/h4-15H,1-3H3. The van der Waals surface area contributed by atoms with E-state index >= 15 is 0 Å². The third-order valence-electron chi connectivity index (χ3n) is 5.34. The quantitative estimate of drug-likeness (QED) is 0.333. The van der Waals surface area contributed by atoms with Crippen molar-refractivity contribution in [1.29, 1.82) is 0 Å². The van der Waals surface area contributed by atoms with Crippen LogP contribution < -0.4 is 9.74 Å². The Morgan fingerprint density at radius 2 is 1.53 bits per heavy atom. The van der Waals surface area contributed by atoms with Gasteiger partial charge in [-0.25, -0.2) is 0 Å². The first kappa shape index (κ1) is 21.5. The van der Waals surface area contributed by atoms with Crippen molar-refractivity contribution >= 4 is 26.8 Å². The lowest BCUT2D eigenvalue weighted by Crippen LogP contribution is -2.22. The molecule has 1 heterocycles. The van der Waals surface area contributed by atoms with Crippen LogP contribution in [0.2, 0.25) is 0 Å². The van der Waals surface area contributed by atoms with Crippen LogP contribution in [0.25, 0.3) is 22.0 Å². The van der Waals surface area contributed by atoms with Crippen LogP contribution in [-0.4, -0.2) is 18.8 Å². The first-order valence-electron chi connectivity index (χ1n) is 9.93. The molecule has 0 spiro atoms. The maximum atomic E-state index is 13.3. The maximum absolute atomic E-state index is 13.3. The molecule has 0 atom stereocenters. The third kappa shape index (κ3) is 3.83. The summed E-state index contributed by atoms with van der Waals surface area (Å²) in [6.07, 6.45) is 0. The number of hydrogen-bond acceptors (Lipinski definition) is 5. The van der Waals surface area contributed by atoms with Gasteiger partial charge in [-0.15, -0.1) is 0 Å². The molecule has 0 aliphatic carbocycles. The zero-order chi connectivity index (χ0) is 23.0. The van der Waals surface area contributed by atoms with E-state index in [4.69, 9.17) is 4.18 Å². The van der Waals surface area contributed by atoms with Gasteiger partial charge in [-0.05, 0) is 43.7 Å². The number of hydrogen-bond donors (Lipinski definition) is 0. The minimum absolute atomic E-state index is 0.00858. The Hall–Kier alpha value is -3.71. The van der Waals surface area contributed by atoms with Crippen molar-refractivity contribution in [2.24, 2.45) is 7.05 Å². The summed E-state index contributed by atoms with van der Waals surface area (Å²) in [5.74, 6) is -0.152. The molecule has 162 valence electrons. The summed E-state index contributed by atoms with van der Waals surface area (Å²) in [6, 6.07) is 19.7. The normalized spacial score (nSPS) is 11.5. The number of ketones is 1. The smallest absolute Gasteiger partial charge is 0.339 e. The van der Waals surface area contributed by atoms with Crippen LogP contribution in [0.4, 0.5) is 0 Å². The van der Waals surface area contributed by atoms with Gasteiger partial charge in [-0.1, -0.05) is 54.1 Å². The molecule has 0 bridgehead atoms. The van der Waals surface area contributed by atoms with Gasteiger partial charge < -0.3 is 8.75 Å². The Labute approximate surface area is 185 Å². The van der Waals surface area contributed by atoms with Gasteiger partial charge in [0.25, 0.3) is 5.56 Å². The van der Waals surface area contributed by atoms with Crippen molar-refractivity contribution in [1.82, 2.24) is 4.57 Å². The number of aryl methyl sites for hydroxylation is 2. The van der Waals surface area contributed by atoms with Crippen LogP contribution in [0, 0.1) is 6.92 Å². The zero-order valence-corrected chi connectivity index (χ0v) is 18.6. The highest BCUT2D eigenvalue weighted by Gasteiger charge is 2.24. The number of Topliss-reactive ketones (excluding diaryl/α,β-unsaturated/α-hetero) is 1. The molecule has 0 fully saturated rings. The maximum Gasteiger partial charge on any atom is 0.339 e. The molecule has 7 heteroatoms. The number of nitrogens with zero attached hydrogens (tertiary/aromatic N) is 1. The number of fused-ring (bicyclic) bond motifs is 1. The lowest BCUT2D eigenvalue weighted by atomic mass is 10.0. The van der Waals surface area contributed by atoms with E-state index in [-0.39, 0.29) is 22.0 Å². The van der Waals surface area contributed by atoms with E-state index in [1.165, 1.54) is 23.6 Å². The van der Waals surface area contributed by atoms with Crippen molar-refractivity contribution in [3.63, 3.8) is 0 Å². The Morgan fingerprint density at radius 3 is 2.16 bits per heavy atom. The van der Waals surface area contributed by atoms with Gasteiger partial charge in [0.1, 0.15) is 4.90 Å². The molecule has 1 aromatic heterocycles. The highest BCUT2D eigenvalue weighted by atomic mass is 32.2. The second kappa shape index (κ2) is 8.09. The number of carbonyl (C=O) groups excluding carboxylic acids is 1. The van der Waals surface area contributed by atoms with Gasteiger partial charge in [-0.2, -0.15) is 8.42 Å². The van der Waals surface area contributed by atoms with Crippen molar-refractivity contribution in [3.8, 4) is 16.9 Å². The van der Waals surface area contributed by atoms with Crippen LogP contribution in [0.3, 0.4) is 0 Å². The summed E-state index contributed by atoms with van der Waals surface area (Å²) < 4.78 is 33.3. The SMILES string of the molecule is CC(=O)c1ccc(-c2c(OS(=O)(=O)c3ccc(C)cc3)c3ccccc3n(C)c2=O)cc1. The first-order chi connectivity index (χ1) is 15.2. The molecule has 32 heavy (non-hydrogen) atoms. The number of benzene rings is 3. The molecule has 0 N–H and O–H groups in total. The molecule has 4 rings (SSSR count). The average molecular weight is 448 g/mol. The van der Waals surface area contributed by atoms with E-state index in [1.807, 2.05) is 6.92 Å². The summed E-state index contributed by atoms with van der Waals surface area (Å²) in [6.45, 7) is 3.31. The molecule has 0 aliphatic rings.